The molecule has 1 atom stereocenters. The maximum absolute atomic E-state index is 3.76. The monoisotopic (exact) mass is 256 g/mol. The molecule has 2 nitrogen and oxygen atoms in total. The number of nitrogens with one attached hydrogen (secondary N) is 1. The summed E-state index contributed by atoms with van der Waals surface area (Å²) in [5.41, 5.74) is 0. The minimum absolute atomic E-state index is 0.570. The molecule has 1 unspecified atom stereocenters. The number of piperidine rings is 1. The minimum Gasteiger partial charge on any atom is -0.315 e. The molecule has 0 radical (unpaired) electrons. The summed E-state index contributed by atoms with van der Waals surface area (Å²) in [5, 5.41) is 3.76. The normalized spacial score (nSPS) is 29.6. The smallest absolute Gasteiger partial charge is 0.0281 e. The molecule has 0 bridgehead atoms. The van der Waals surface area contributed by atoms with E-state index < -0.39 is 0 Å². The van der Waals surface area contributed by atoms with E-state index in [-0.39, 0.29) is 0 Å². The first-order chi connectivity index (χ1) is 8.24. The number of thioether (sulfide) groups is 1. The first-order valence-electron chi connectivity index (χ1n) is 7.18. The first kappa shape index (κ1) is 13.7. The van der Waals surface area contributed by atoms with Gasteiger partial charge in [0.2, 0.25) is 0 Å². The molecule has 1 N–H and O–H groups in total. The molecule has 1 aliphatic carbocycles. The molecular weight excluding hydrogens is 228 g/mol. The number of hydrogen-bond donors (Lipinski definition) is 1. The minimum atomic E-state index is 0.570. The zero-order valence-corrected chi connectivity index (χ0v) is 12.3. The fourth-order valence-electron chi connectivity index (χ4n) is 3.42. The fourth-order valence-corrected chi connectivity index (χ4v) is 4.36. The Morgan fingerprint density at radius 1 is 1.29 bits per heavy atom. The maximum Gasteiger partial charge on any atom is 0.0281 e. The summed E-state index contributed by atoms with van der Waals surface area (Å²) in [6, 6.07) is 0. The molecule has 1 saturated carbocycles. The number of likely N-dealkylation sites (tertiary alicyclic amines) is 1. The number of nitrogens with zero attached hydrogens (tertiary/aromatic N) is 1. The van der Waals surface area contributed by atoms with Gasteiger partial charge in [0, 0.05) is 17.8 Å². The summed E-state index contributed by atoms with van der Waals surface area (Å²) in [7, 11) is 2.26. The highest BCUT2D eigenvalue weighted by atomic mass is 32.2. The predicted molar refractivity (Wildman–Crippen MR) is 77.8 cm³/mol. The van der Waals surface area contributed by atoms with Gasteiger partial charge < -0.3 is 10.2 Å². The van der Waals surface area contributed by atoms with E-state index in [1.807, 2.05) is 0 Å². The van der Waals surface area contributed by atoms with Crippen LogP contribution in [-0.4, -0.2) is 49.1 Å². The molecule has 1 heterocycles. The Morgan fingerprint density at radius 3 is 2.71 bits per heavy atom. The second-order valence-corrected chi connectivity index (χ2v) is 7.27. The standard InChI is InChI=1S/C14H28N2S/c1-16-9-5-6-13(11-16)10-15-12-14(17-2)7-3-4-8-14/h13,15H,3-12H2,1-2H3. The lowest BCUT2D eigenvalue weighted by atomic mass is 9.98. The van der Waals surface area contributed by atoms with Crippen molar-refractivity contribution in [3.8, 4) is 0 Å². The first-order valence-corrected chi connectivity index (χ1v) is 8.41. The molecule has 100 valence electrons. The molecule has 0 aromatic rings. The van der Waals surface area contributed by atoms with Gasteiger partial charge in [0.1, 0.15) is 0 Å². The molecule has 0 amide bonds. The third-order valence-corrected chi connectivity index (χ3v) is 5.97. The maximum atomic E-state index is 3.76. The van der Waals surface area contributed by atoms with Crippen molar-refractivity contribution in [2.45, 2.75) is 43.3 Å². The van der Waals surface area contributed by atoms with Crippen molar-refractivity contribution in [2.75, 3.05) is 39.5 Å². The van der Waals surface area contributed by atoms with Crippen molar-refractivity contribution in [3.05, 3.63) is 0 Å². The Balaban J connectivity index is 1.67. The lowest BCUT2D eigenvalue weighted by Gasteiger charge is -2.32. The molecule has 0 spiro atoms. The Morgan fingerprint density at radius 2 is 2.06 bits per heavy atom. The Kier molecular flexibility index (Phi) is 5.19. The van der Waals surface area contributed by atoms with Crippen LogP contribution in [0.3, 0.4) is 0 Å². The van der Waals surface area contributed by atoms with Gasteiger partial charge in [0.15, 0.2) is 0 Å². The SMILES string of the molecule is CSC1(CNCC2CCCN(C)C2)CCCC1. The van der Waals surface area contributed by atoms with E-state index in [2.05, 4.69) is 35.3 Å². The van der Waals surface area contributed by atoms with E-state index in [9.17, 15) is 0 Å². The molecule has 2 rings (SSSR count). The van der Waals surface area contributed by atoms with Gasteiger partial charge in [-0.05, 0) is 58.0 Å². The van der Waals surface area contributed by atoms with Crippen LogP contribution >= 0.6 is 11.8 Å². The Labute approximate surface area is 111 Å². The van der Waals surface area contributed by atoms with Gasteiger partial charge in [-0.3, -0.25) is 0 Å². The summed E-state index contributed by atoms with van der Waals surface area (Å²) in [6.45, 7) is 5.05. The Hall–Kier alpha value is 0.270. The lowest BCUT2D eigenvalue weighted by Crippen LogP contribution is -2.41. The van der Waals surface area contributed by atoms with Crippen LogP contribution in [0.1, 0.15) is 38.5 Å². The van der Waals surface area contributed by atoms with Crippen LogP contribution in [0.4, 0.5) is 0 Å². The second-order valence-electron chi connectivity index (χ2n) is 6.00. The summed E-state index contributed by atoms with van der Waals surface area (Å²) in [4.78, 5) is 2.48. The highest BCUT2D eigenvalue weighted by molar-refractivity contribution is 8.00. The van der Waals surface area contributed by atoms with Crippen molar-refractivity contribution < 1.29 is 0 Å². The molecule has 0 aromatic heterocycles. The van der Waals surface area contributed by atoms with Crippen LogP contribution in [0.2, 0.25) is 0 Å². The molecule has 0 aromatic carbocycles. The van der Waals surface area contributed by atoms with E-state index in [0.717, 1.165) is 5.92 Å². The van der Waals surface area contributed by atoms with Crippen molar-refractivity contribution in [1.82, 2.24) is 10.2 Å². The highest BCUT2D eigenvalue weighted by Crippen LogP contribution is 2.39. The van der Waals surface area contributed by atoms with E-state index in [4.69, 9.17) is 0 Å². The van der Waals surface area contributed by atoms with Crippen LogP contribution in [-0.2, 0) is 0 Å². The second kappa shape index (κ2) is 6.44. The molecule has 17 heavy (non-hydrogen) atoms. The van der Waals surface area contributed by atoms with Crippen LogP contribution in [0.25, 0.3) is 0 Å². The van der Waals surface area contributed by atoms with Gasteiger partial charge in [0.25, 0.3) is 0 Å². The number of rotatable bonds is 5. The fraction of sp³-hybridized carbons (Fsp3) is 1.00. The summed E-state index contributed by atoms with van der Waals surface area (Å²) in [5.74, 6) is 0.883. The Bertz CT molecular complexity index is 226. The average Bonchev–Trinajstić information content (AvgIpc) is 2.79. The summed E-state index contributed by atoms with van der Waals surface area (Å²) >= 11 is 2.09. The van der Waals surface area contributed by atoms with Crippen LogP contribution in [0.5, 0.6) is 0 Å². The van der Waals surface area contributed by atoms with Gasteiger partial charge in [-0.15, -0.1) is 0 Å². The van der Waals surface area contributed by atoms with E-state index >= 15 is 0 Å². The van der Waals surface area contributed by atoms with Crippen LogP contribution < -0.4 is 5.32 Å². The average molecular weight is 256 g/mol. The summed E-state index contributed by atoms with van der Waals surface area (Å²) in [6.07, 6.45) is 10.8. The zero-order chi connectivity index (χ0) is 12.1. The van der Waals surface area contributed by atoms with Gasteiger partial charge in [-0.2, -0.15) is 11.8 Å². The molecule has 2 fully saturated rings. The van der Waals surface area contributed by atoms with Crippen molar-refractivity contribution in [2.24, 2.45) is 5.92 Å². The van der Waals surface area contributed by atoms with Gasteiger partial charge in [-0.25, -0.2) is 0 Å². The van der Waals surface area contributed by atoms with Crippen molar-refractivity contribution >= 4 is 11.8 Å². The highest BCUT2D eigenvalue weighted by Gasteiger charge is 2.32. The third kappa shape index (κ3) is 3.87. The topological polar surface area (TPSA) is 15.3 Å². The van der Waals surface area contributed by atoms with Crippen molar-refractivity contribution in [3.63, 3.8) is 0 Å². The van der Waals surface area contributed by atoms with E-state index in [1.165, 1.54) is 64.7 Å². The number of hydrogen-bond acceptors (Lipinski definition) is 3. The van der Waals surface area contributed by atoms with Crippen molar-refractivity contribution in [1.29, 1.82) is 0 Å². The molecule has 2 aliphatic rings. The zero-order valence-electron chi connectivity index (χ0n) is 11.5. The predicted octanol–water partition coefficient (Wildman–Crippen LogP) is 2.59. The van der Waals surface area contributed by atoms with E-state index in [1.54, 1.807) is 0 Å². The van der Waals surface area contributed by atoms with Crippen LogP contribution in [0.15, 0.2) is 0 Å². The quantitative estimate of drug-likeness (QED) is 0.814. The van der Waals surface area contributed by atoms with Gasteiger partial charge in [0.05, 0.1) is 0 Å². The van der Waals surface area contributed by atoms with Crippen LogP contribution in [0, 0.1) is 5.92 Å². The lowest BCUT2D eigenvalue weighted by molar-refractivity contribution is 0.205. The molecule has 1 aliphatic heterocycles. The van der Waals surface area contributed by atoms with Gasteiger partial charge in [-0.1, -0.05) is 12.8 Å². The molecule has 1 saturated heterocycles. The molecular formula is C14H28N2S. The largest absolute Gasteiger partial charge is 0.315 e. The third-order valence-electron chi connectivity index (χ3n) is 4.55. The summed E-state index contributed by atoms with van der Waals surface area (Å²) < 4.78 is 0.570. The van der Waals surface area contributed by atoms with E-state index in [0.29, 0.717) is 4.75 Å². The molecule has 3 heteroatoms. The van der Waals surface area contributed by atoms with Gasteiger partial charge >= 0.3 is 0 Å².